The number of ketones is 1. The lowest BCUT2D eigenvalue weighted by molar-refractivity contribution is -0.140. The molecule has 1 N–H and O–H groups in total. The molecule has 5 rings (SSSR count). The number of likely N-dealkylation sites (tertiary alicyclic amines) is 1. The number of carbonyl (C=O) groups is 2. The Morgan fingerprint density at radius 2 is 1.77 bits per heavy atom. The molecule has 0 aromatic heterocycles. The number of amides is 1. The van der Waals surface area contributed by atoms with Gasteiger partial charge in [0.25, 0.3) is 11.7 Å². The molecule has 0 bridgehead atoms. The molecule has 1 atom stereocenters. The number of Topliss-reactive ketones (excluding diaryl/α,β-unsaturated/α-hetero) is 1. The summed E-state index contributed by atoms with van der Waals surface area (Å²) < 4.78 is 22.0. The molecule has 8 nitrogen and oxygen atoms in total. The molecule has 3 aromatic carbocycles. The van der Waals surface area contributed by atoms with Crippen LogP contribution in [0.4, 0.5) is 0 Å². The zero-order valence-corrected chi connectivity index (χ0v) is 22.4. The second kappa shape index (κ2) is 10.7. The van der Waals surface area contributed by atoms with Gasteiger partial charge in [-0.05, 0) is 72.0 Å². The molecule has 0 saturated carbocycles. The van der Waals surface area contributed by atoms with Crippen LogP contribution in [0.2, 0.25) is 0 Å². The predicted molar refractivity (Wildman–Crippen MR) is 145 cm³/mol. The first-order valence-electron chi connectivity index (χ1n) is 12.9. The van der Waals surface area contributed by atoms with Crippen molar-refractivity contribution in [2.24, 2.45) is 0 Å². The minimum atomic E-state index is -0.810. The minimum absolute atomic E-state index is 0.0322. The number of fused-ring (bicyclic) bond motifs is 1. The number of hydrogen-bond donors (Lipinski definition) is 1. The summed E-state index contributed by atoms with van der Waals surface area (Å²) in [5.41, 5.74) is 2.82. The van der Waals surface area contributed by atoms with E-state index in [0.29, 0.717) is 35.0 Å². The summed E-state index contributed by atoms with van der Waals surface area (Å²) in [4.78, 5) is 28.4. The number of aliphatic hydroxyl groups is 1. The standard InChI is InChI=1S/C31H31NO7/c1-5-37-24-13-9-21(15-23(24)18(2)3)29(33)27-28(20-7-10-22(36-4)11-8-20)32(31(35)30(27)34)16-19-6-12-25-26(14-19)39-17-38-25/h6-15,18,28,33H,5,16-17H2,1-4H3/b29-27+. The smallest absolute Gasteiger partial charge is 0.295 e. The van der Waals surface area contributed by atoms with Crippen LogP contribution in [-0.2, 0) is 16.1 Å². The van der Waals surface area contributed by atoms with E-state index in [-0.39, 0.29) is 30.6 Å². The molecule has 8 heteroatoms. The van der Waals surface area contributed by atoms with Gasteiger partial charge in [0.2, 0.25) is 6.79 Å². The van der Waals surface area contributed by atoms with E-state index in [0.717, 1.165) is 16.9 Å². The third-order valence-electron chi connectivity index (χ3n) is 6.97. The van der Waals surface area contributed by atoms with Gasteiger partial charge in [-0.25, -0.2) is 0 Å². The first-order chi connectivity index (χ1) is 18.8. The van der Waals surface area contributed by atoms with Gasteiger partial charge >= 0.3 is 0 Å². The van der Waals surface area contributed by atoms with Crippen molar-refractivity contribution < 1.29 is 33.6 Å². The highest BCUT2D eigenvalue weighted by Gasteiger charge is 2.46. The maximum atomic E-state index is 13.5. The molecule has 1 saturated heterocycles. The molecule has 1 unspecified atom stereocenters. The van der Waals surface area contributed by atoms with E-state index in [9.17, 15) is 14.7 Å². The Morgan fingerprint density at radius 1 is 1.03 bits per heavy atom. The number of ether oxygens (including phenoxy) is 4. The SMILES string of the molecule is CCOc1ccc(/C(O)=C2\C(=O)C(=O)N(Cc3ccc4c(c3)OCO4)C2c2ccc(OC)cc2)cc1C(C)C. The Kier molecular flexibility index (Phi) is 7.19. The normalized spacial score (nSPS) is 17.7. The van der Waals surface area contributed by atoms with Gasteiger partial charge in [0.1, 0.15) is 17.3 Å². The van der Waals surface area contributed by atoms with Crippen LogP contribution < -0.4 is 18.9 Å². The number of benzene rings is 3. The zero-order chi connectivity index (χ0) is 27.7. The number of hydrogen-bond acceptors (Lipinski definition) is 7. The summed E-state index contributed by atoms with van der Waals surface area (Å²) in [5.74, 6) is 1.03. The molecule has 39 heavy (non-hydrogen) atoms. The molecule has 1 fully saturated rings. The topological polar surface area (TPSA) is 94.5 Å². The third kappa shape index (κ3) is 4.90. The lowest BCUT2D eigenvalue weighted by atomic mass is 9.93. The molecule has 0 spiro atoms. The molecule has 2 heterocycles. The lowest BCUT2D eigenvalue weighted by Gasteiger charge is -2.26. The van der Waals surface area contributed by atoms with Crippen LogP contribution in [0, 0.1) is 0 Å². The minimum Gasteiger partial charge on any atom is -0.507 e. The van der Waals surface area contributed by atoms with Crippen molar-refractivity contribution in [1.82, 2.24) is 4.90 Å². The highest BCUT2D eigenvalue weighted by molar-refractivity contribution is 6.46. The number of nitrogens with zero attached hydrogens (tertiary/aromatic N) is 1. The molecular weight excluding hydrogens is 498 g/mol. The van der Waals surface area contributed by atoms with Crippen LogP contribution in [0.5, 0.6) is 23.0 Å². The summed E-state index contributed by atoms with van der Waals surface area (Å²) >= 11 is 0. The summed E-state index contributed by atoms with van der Waals surface area (Å²) in [7, 11) is 1.57. The first kappa shape index (κ1) is 26.2. The fourth-order valence-electron chi connectivity index (χ4n) is 5.00. The van der Waals surface area contributed by atoms with E-state index in [1.807, 2.05) is 32.9 Å². The number of aliphatic hydroxyl groups excluding tert-OH is 1. The van der Waals surface area contributed by atoms with Crippen LogP contribution in [0.15, 0.2) is 66.2 Å². The van der Waals surface area contributed by atoms with Gasteiger partial charge in [-0.3, -0.25) is 9.59 Å². The predicted octanol–water partition coefficient (Wildman–Crippen LogP) is 5.57. The summed E-state index contributed by atoms with van der Waals surface area (Å²) in [5, 5.41) is 11.6. The fourth-order valence-corrected chi connectivity index (χ4v) is 5.00. The fraction of sp³-hybridized carbons (Fsp3) is 0.290. The summed E-state index contributed by atoms with van der Waals surface area (Å²) in [6.07, 6.45) is 0. The second-order valence-electron chi connectivity index (χ2n) is 9.73. The molecular formula is C31H31NO7. The van der Waals surface area contributed by atoms with Gasteiger partial charge in [-0.15, -0.1) is 0 Å². The van der Waals surface area contributed by atoms with E-state index in [1.54, 1.807) is 55.6 Å². The molecule has 2 aliphatic heterocycles. The van der Waals surface area contributed by atoms with Crippen LogP contribution in [0.25, 0.3) is 5.76 Å². The van der Waals surface area contributed by atoms with Gasteiger partial charge in [-0.2, -0.15) is 0 Å². The molecule has 202 valence electrons. The summed E-state index contributed by atoms with van der Waals surface area (Å²) in [6, 6.07) is 17.1. The van der Waals surface area contributed by atoms with Crippen molar-refractivity contribution >= 4 is 17.4 Å². The molecule has 0 aliphatic carbocycles. The largest absolute Gasteiger partial charge is 0.507 e. The van der Waals surface area contributed by atoms with Gasteiger partial charge in [0.05, 0.1) is 25.3 Å². The number of methoxy groups -OCH3 is 1. The highest BCUT2D eigenvalue weighted by Crippen LogP contribution is 2.42. The van der Waals surface area contributed by atoms with Crippen molar-refractivity contribution in [3.05, 3.63) is 88.5 Å². The van der Waals surface area contributed by atoms with E-state index in [2.05, 4.69) is 0 Å². The van der Waals surface area contributed by atoms with Crippen molar-refractivity contribution in [1.29, 1.82) is 0 Å². The van der Waals surface area contributed by atoms with Crippen LogP contribution in [0.1, 0.15) is 55.0 Å². The highest BCUT2D eigenvalue weighted by atomic mass is 16.7. The van der Waals surface area contributed by atoms with Crippen LogP contribution in [-0.4, -0.2) is 42.2 Å². The van der Waals surface area contributed by atoms with E-state index >= 15 is 0 Å². The Labute approximate surface area is 227 Å². The van der Waals surface area contributed by atoms with Crippen molar-refractivity contribution in [3.63, 3.8) is 0 Å². The Bertz CT molecular complexity index is 1440. The number of rotatable bonds is 8. The Hall–Kier alpha value is -4.46. The maximum absolute atomic E-state index is 13.5. The van der Waals surface area contributed by atoms with Gasteiger partial charge in [0, 0.05) is 12.1 Å². The first-order valence-corrected chi connectivity index (χ1v) is 12.9. The zero-order valence-electron chi connectivity index (χ0n) is 22.4. The Balaban J connectivity index is 1.61. The molecule has 0 radical (unpaired) electrons. The van der Waals surface area contributed by atoms with Crippen LogP contribution in [0.3, 0.4) is 0 Å². The average Bonchev–Trinajstić information content (AvgIpc) is 3.51. The van der Waals surface area contributed by atoms with Crippen LogP contribution >= 0.6 is 0 Å². The van der Waals surface area contributed by atoms with E-state index < -0.39 is 17.7 Å². The van der Waals surface area contributed by atoms with Crippen molar-refractivity contribution in [2.45, 2.75) is 39.3 Å². The average molecular weight is 530 g/mol. The molecule has 3 aromatic rings. The molecule has 2 aliphatic rings. The van der Waals surface area contributed by atoms with E-state index in [1.165, 1.54) is 4.90 Å². The maximum Gasteiger partial charge on any atom is 0.295 e. The Morgan fingerprint density at radius 3 is 2.46 bits per heavy atom. The third-order valence-corrected chi connectivity index (χ3v) is 6.97. The van der Waals surface area contributed by atoms with Gasteiger partial charge in [0.15, 0.2) is 11.5 Å². The van der Waals surface area contributed by atoms with Crippen molar-refractivity contribution in [2.75, 3.05) is 20.5 Å². The monoisotopic (exact) mass is 529 g/mol. The van der Waals surface area contributed by atoms with Gasteiger partial charge in [-0.1, -0.05) is 32.0 Å². The van der Waals surface area contributed by atoms with Crippen molar-refractivity contribution in [3.8, 4) is 23.0 Å². The van der Waals surface area contributed by atoms with E-state index in [4.69, 9.17) is 18.9 Å². The quantitative estimate of drug-likeness (QED) is 0.232. The summed E-state index contributed by atoms with van der Waals surface area (Å²) in [6.45, 7) is 6.75. The van der Waals surface area contributed by atoms with Gasteiger partial charge < -0.3 is 29.0 Å². The molecule has 1 amide bonds. The second-order valence-corrected chi connectivity index (χ2v) is 9.73. The number of carbonyl (C=O) groups excluding carboxylic acids is 2. The lowest BCUT2D eigenvalue weighted by Crippen LogP contribution is -2.29.